The number of alkyl halides is 3. The van der Waals surface area contributed by atoms with Crippen LogP contribution in [-0.4, -0.2) is 58.7 Å². The fraction of sp³-hybridized carbons (Fsp3) is 0.714. The summed E-state index contributed by atoms with van der Waals surface area (Å²) in [5.74, 6) is 0.196. The Morgan fingerprint density at radius 3 is 2.55 bits per heavy atom. The fourth-order valence-electron chi connectivity index (χ4n) is 2.88. The SMILES string of the molecule is CC[C@@H]1CN(C(=O)Cn2ccc(C(F)(F)F)n2)C[C@@H]1N(C)C. The zero-order valence-electron chi connectivity index (χ0n) is 13.0. The van der Waals surface area contributed by atoms with Gasteiger partial charge in [0, 0.05) is 25.3 Å². The number of nitrogens with zero attached hydrogens (tertiary/aromatic N) is 4. The van der Waals surface area contributed by atoms with E-state index in [0.717, 1.165) is 17.2 Å². The van der Waals surface area contributed by atoms with Gasteiger partial charge in [0.2, 0.25) is 5.91 Å². The number of carbonyl (C=O) groups excluding carboxylic acids is 1. The Hall–Kier alpha value is -1.57. The lowest BCUT2D eigenvalue weighted by Gasteiger charge is -2.23. The van der Waals surface area contributed by atoms with Crippen molar-refractivity contribution in [2.75, 3.05) is 27.2 Å². The quantitative estimate of drug-likeness (QED) is 0.848. The van der Waals surface area contributed by atoms with Crippen molar-refractivity contribution in [1.82, 2.24) is 19.6 Å². The summed E-state index contributed by atoms with van der Waals surface area (Å²) in [7, 11) is 3.95. The van der Waals surface area contributed by atoms with Crippen LogP contribution >= 0.6 is 0 Å². The van der Waals surface area contributed by atoms with Crippen LogP contribution in [-0.2, 0) is 17.5 Å². The molecule has 0 bridgehead atoms. The van der Waals surface area contributed by atoms with Gasteiger partial charge in [0.15, 0.2) is 5.69 Å². The first kappa shape index (κ1) is 16.8. The molecule has 1 aromatic rings. The Labute approximate surface area is 127 Å². The minimum Gasteiger partial charge on any atom is -0.339 e. The molecule has 5 nitrogen and oxygen atoms in total. The molecule has 1 aliphatic rings. The van der Waals surface area contributed by atoms with Crippen LogP contribution in [0.4, 0.5) is 13.2 Å². The Morgan fingerprint density at radius 2 is 2.09 bits per heavy atom. The van der Waals surface area contributed by atoms with Gasteiger partial charge in [-0.2, -0.15) is 18.3 Å². The molecule has 2 rings (SSSR count). The van der Waals surface area contributed by atoms with Gasteiger partial charge in [-0.25, -0.2) is 0 Å². The minimum atomic E-state index is -4.48. The van der Waals surface area contributed by atoms with Crippen LogP contribution in [0.1, 0.15) is 19.0 Å². The average molecular weight is 318 g/mol. The minimum absolute atomic E-state index is 0.160. The zero-order valence-corrected chi connectivity index (χ0v) is 13.0. The fourth-order valence-corrected chi connectivity index (χ4v) is 2.88. The number of hydrogen-bond donors (Lipinski definition) is 0. The Kier molecular flexibility index (Phi) is 4.79. The van der Waals surface area contributed by atoms with Crippen molar-refractivity contribution in [3.8, 4) is 0 Å². The van der Waals surface area contributed by atoms with Crippen molar-refractivity contribution < 1.29 is 18.0 Å². The van der Waals surface area contributed by atoms with Crippen LogP contribution in [0.5, 0.6) is 0 Å². The Morgan fingerprint density at radius 1 is 1.41 bits per heavy atom. The second-order valence-electron chi connectivity index (χ2n) is 5.89. The van der Waals surface area contributed by atoms with E-state index in [0.29, 0.717) is 19.0 Å². The maximum Gasteiger partial charge on any atom is 0.435 e. The summed E-state index contributed by atoms with van der Waals surface area (Å²) in [5.41, 5.74) is -0.973. The van der Waals surface area contributed by atoms with Crippen molar-refractivity contribution >= 4 is 5.91 Å². The Bertz CT molecular complexity index is 526. The van der Waals surface area contributed by atoms with Crippen molar-refractivity contribution in [1.29, 1.82) is 0 Å². The lowest BCUT2D eigenvalue weighted by molar-refractivity contribution is -0.142. The molecule has 0 saturated carbocycles. The molecule has 0 N–H and O–H groups in total. The molecule has 0 unspecified atom stereocenters. The molecule has 0 radical (unpaired) electrons. The molecular weight excluding hydrogens is 297 g/mol. The third kappa shape index (κ3) is 3.60. The molecule has 0 aromatic carbocycles. The molecule has 124 valence electrons. The highest BCUT2D eigenvalue weighted by Crippen LogP contribution is 2.27. The number of likely N-dealkylation sites (tertiary alicyclic amines) is 1. The molecule has 8 heteroatoms. The summed E-state index contributed by atoms with van der Waals surface area (Å²) in [6, 6.07) is 1.17. The normalized spacial score (nSPS) is 22.6. The molecule has 1 fully saturated rings. The van der Waals surface area contributed by atoms with Gasteiger partial charge in [-0.1, -0.05) is 13.3 Å². The van der Waals surface area contributed by atoms with E-state index in [-0.39, 0.29) is 18.5 Å². The van der Waals surface area contributed by atoms with Gasteiger partial charge in [-0.15, -0.1) is 0 Å². The highest BCUT2D eigenvalue weighted by Gasteiger charge is 2.36. The second kappa shape index (κ2) is 6.28. The number of halogens is 3. The van der Waals surface area contributed by atoms with Crippen LogP contribution in [0.3, 0.4) is 0 Å². The smallest absolute Gasteiger partial charge is 0.339 e. The van der Waals surface area contributed by atoms with Gasteiger partial charge in [-0.05, 0) is 26.1 Å². The van der Waals surface area contributed by atoms with Gasteiger partial charge in [0.1, 0.15) is 6.54 Å². The van der Waals surface area contributed by atoms with Crippen LogP contribution < -0.4 is 0 Å². The topological polar surface area (TPSA) is 41.4 Å². The highest BCUT2D eigenvalue weighted by atomic mass is 19.4. The van der Waals surface area contributed by atoms with Crippen molar-refractivity contribution in [2.45, 2.75) is 32.1 Å². The molecular formula is C14H21F3N4O. The lowest BCUT2D eigenvalue weighted by atomic mass is 10.0. The van der Waals surface area contributed by atoms with Crippen molar-refractivity contribution in [3.63, 3.8) is 0 Å². The van der Waals surface area contributed by atoms with E-state index in [4.69, 9.17) is 0 Å². The number of amides is 1. The van der Waals surface area contributed by atoms with E-state index < -0.39 is 11.9 Å². The summed E-state index contributed by atoms with van der Waals surface area (Å²) < 4.78 is 38.6. The van der Waals surface area contributed by atoms with E-state index in [1.165, 1.54) is 6.20 Å². The average Bonchev–Trinajstić information content (AvgIpc) is 3.03. The summed E-state index contributed by atoms with van der Waals surface area (Å²) >= 11 is 0. The van der Waals surface area contributed by atoms with E-state index in [9.17, 15) is 18.0 Å². The van der Waals surface area contributed by atoms with Crippen molar-refractivity contribution in [3.05, 3.63) is 18.0 Å². The van der Waals surface area contributed by atoms with Gasteiger partial charge < -0.3 is 9.80 Å². The summed E-state index contributed by atoms with van der Waals surface area (Å²) in [5, 5.41) is 3.42. The summed E-state index contributed by atoms with van der Waals surface area (Å²) in [4.78, 5) is 16.1. The zero-order chi connectivity index (χ0) is 16.5. The molecule has 0 spiro atoms. The molecule has 22 heavy (non-hydrogen) atoms. The first-order valence-electron chi connectivity index (χ1n) is 7.27. The second-order valence-corrected chi connectivity index (χ2v) is 5.89. The molecule has 2 atom stereocenters. The summed E-state index contributed by atoms with van der Waals surface area (Å²) in [6.07, 6.45) is -2.32. The standard InChI is InChI=1S/C14H21F3N4O/c1-4-10-7-20(8-11(10)19(2)3)13(22)9-21-6-5-12(18-21)14(15,16)17/h5-6,10-11H,4,7-9H2,1-3H3/t10-,11+/m1/s1. The van der Waals surface area contributed by atoms with Crippen molar-refractivity contribution in [2.24, 2.45) is 5.92 Å². The predicted octanol–water partition coefficient (Wildman–Crippen LogP) is 1.70. The molecule has 2 heterocycles. The Balaban J connectivity index is 2.00. The van der Waals surface area contributed by atoms with E-state index in [1.807, 2.05) is 14.1 Å². The predicted molar refractivity (Wildman–Crippen MR) is 75.1 cm³/mol. The van der Waals surface area contributed by atoms with Gasteiger partial charge >= 0.3 is 6.18 Å². The monoisotopic (exact) mass is 318 g/mol. The molecule has 1 amide bonds. The summed E-state index contributed by atoms with van der Waals surface area (Å²) in [6.45, 7) is 3.17. The van der Waals surface area contributed by atoms with Crippen LogP contribution in [0, 0.1) is 5.92 Å². The number of carbonyl (C=O) groups is 1. The molecule has 1 aliphatic heterocycles. The number of aromatic nitrogens is 2. The van der Waals surface area contributed by atoms with E-state index in [1.54, 1.807) is 4.90 Å². The lowest BCUT2D eigenvalue weighted by Crippen LogP contribution is -2.37. The van der Waals surface area contributed by atoms with E-state index >= 15 is 0 Å². The third-order valence-electron chi connectivity index (χ3n) is 4.18. The first-order valence-corrected chi connectivity index (χ1v) is 7.27. The highest BCUT2D eigenvalue weighted by molar-refractivity contribution is 5.76. The van der Waals surface area contributed by atoms with Crippen LogP contribution in [0.25, 0.3) is 0 Å². The van der Waals surface area contributed by atoms with Gasteiger partial charge in [0.05, 0.1) is 0 Å². The van der Waals surface area contributed by atoms with E-state index in [2.05, 4.69) is 16.9 Å². The largest absolute Gasteiger partial charge is 0.435 e. The molecule has 0 aliphatic carbocycles. The molecule has 1 aromatic heterocycles. The first-order chi connectivity index (χ1) is 10.2. The van der Waals surface area contributed by atoms with Crippen LogP contribution in [0.2, 0.25) is 0 Å². The van der Waals surface area contributed by atoms with Crippen LogP contribution in [0.15, 0.2) is 12.3 Å². The molecule has 1 saturated heterocycles. The third-order valence-corrected chi connectivity index (χ3v) is 4.18. The van der Waals surface area contributed by atoms with Gasteiger partial charge in [-0.3, -0.25) is 9.48 Å². The maximum absolute atomic E-state index is 12.5. The number of likely N-dealkylation sites (N-methyl/N-ethyl adjacent to an activating group) is 1. The number of hydrogen-bond acceptors (Lipinski definition) is 3. The maximum atomic E-state index is 12.5. The number of rotatable bonds is 4. The van der Waals surface area contributed by atoms with Gasteiger partial charge in [0.25, 0.3) is 0 Å².